The van der Waals surface area contributed by atoms with Crippen molar-refractivity contribution in [1.29, 1.82) is 0 Å². The molecule has 0 aliphatic heterocycles. The monoisotopic (exact) mass is 389 g/mol. The normalized spacial score (nSPS) is 11.3. The molecule has 0 unspecified atom stereocenters. The van der Waals surface area contributed by atoms with Gasteiger partial charge in [0.05, 0.1) is 10.5 Å². The average Bonchev–Trinajstić information content (AvgIpc) is 2.60. The molecule has 0 amide bonds. The van der Waals surface area contributed by atoms with Gasteiger partial charge in [-0.1, -0.05) is 6.07 Å². The summed E-state index contributed by atoms with van der Waals surface area (Å²) in [6, 6.07) is 5.85. The van der Waals surface area contributed by atoms with Crippen LogP contribution >= 0.6 is 0 Å². The molecular weight excluding hydrogens is 366 g/mol. The maximum atomic E-state index is 12.5. The molecule has 2 N–H and O–H groups in total. The van der Waals surface area contributed by atoms with Gasteiger partial charge in [0.15, 0.2) is 6.61 Å². The van der Waals surface area contributed by atoms with E-state index in [1.807, 2.05) is 27.7 Å². The SMILES string of the molecule is Cc1ccc(C(=O)OCC(=O)c2cc(C)c(C)c(C)c2C)cc1S(N)(=O)=O. The minimum Gasteiger partial charge on any atom is -0.454 e. The molecule has 2 aromatic rings. The first-order valence-corrected chi connectivity index (χ1v) is 9.89. The number of carbonyl (C=O) groups is 2. The number of nitrogens with two attached hydrogens (primary N) is 1. The summed E-state index contributed by atoms with van der Waals surface area (Å²) in [7, 11) is -3.96. The van der Waals surface area contributed by atoms with Crippen LogP contribution in [0.2, 0.25) is 0 Å². The lowest BCUT2D eigenvalue weighted by molar-refractivity contribution is 0.0474. The predicted molar refractivity (Wildman–Crippen MR) is 103 cm³/mol. The van der Waals surface area contributed by atoms with Crippen molar-refractivity contribution >= 4 is 21.8 Å². The molecule has 0 saturated heterocycles. The fraction of sp³-hybridized carbons (Fsp3) is 0.300. The summed E-state index contributed by atoms with van der Waals surface area (Å²) in [6.45, 7) is 8.86. The van der Waals surface area contributed by atoms with Gasteiger partial charge in [-0.05, 0) is 80.6 Å². The number of esters is 1. The lowest BCUT2D eigenvalue weighted by atomic mass is 9.93. The van der Waals surface area contributed by atoms with Crippen molar-refractivity contribution in [2.75, 3.05) is 6.61 Å². The third-order valence-electron chi connectivity index (χ3n) is 4.85. The van der Waals surface area contributed by atoms with Gasteiger partial charge in [-0.2, -0.15) is 0 Å². The highest BCUT2D eigenvalue weighted by Gasteiger charge is 2.19. The van der Waals surface area contributed by atoms with Gasteiger partial charge in [0.25, 0.3) is 0 Å². The first kappa shape index (κ1) is 20.8. The third-order valence-corrected chi connectivity index (χ3v) is 5.90. The van der Waals surface area contributed by atoms with E-state index in [2.05, 4.69) is 0 Å². The Morgan fingerprint density at radius 3 is 2.15 bits per heavy atom. The van der Waals surface area contributed by atoms with Crippen molar-refractivity contribution in [3.8, 4) is 0 Å². The van der Waals surface area contributed by atoms with Crippen LogP contribution in [0.5, 0.6) is 0 Å². The van der Waals surface area contributed by atoms with Crippen LogP contribution in [0, 0.1) is 34.6 Å². The lowest BCUT2D eigenvalue weighted by Crippen LogP contribution is -2.18. The highest BCUT2D eigenvalue weighted by Crippen LogP contribution is 2.22. The van der Waals surface area contributed by atoms with Crippen LogP contribution < -0.4 is 5.14 Å². The van der Waals surface area contributed by atoms with Crippen molar-refractivity contribution < 1.29 is 22.7 Å². The number of benzene rings is 2. The van der Waals surface area contributed by atoms with Crippen molar-refractivity contribution in [1.82, 2.24) is 0 Å². The summed E-state index contributed by atoms with van der Waals surface area (Å²) in [5, 5.41) is 5.15. The number of hydrogen-bond donors (Lipinski definition) is 1. The quantitative estimate of drug-likeness (QED) is 0.625. The molecule has 27 heavy (non-hydrogen) atoms. The van der Waals surface area contributed by atoms with Crippen LogP contribution in [0.4, 0.5) is 0 Å². The Balaban J connectivity index is 2.21. The second kappa shape index (κ2) is 7.62. The number of hydrogen-bond acceptors (Lipinski definition) is 5. The highest BCUT2D eigenvalue weighted by molar-refractivity contribution is 7.89. The fourth-order valence-electron chi connectivity index (χ4n) is 2.83. The lowest BCUT2D eigenvalue weighted by Gasteiger charge is -2.14. The molecule has 0 aromatic heterocycles. The van der Waals surface area contributed by atoms with Gasteiger partial charge < -0.3 is 4.74 Å². The molecular formula is C20H23NO5S. The van der Waals surface area contributed by atoms with Gasteiger partial charge in [-0.15, -0.1) is 0 Å². The van der Waals surface area contributed by atoms with E-state index in [0.29, 0.717) is 11.1 Å². The fourth-order valence-corrected chi connectivity index (χ4v) is 3.64. The van der Waals surface area contributed by atoms with Crippen LogP contribution in [0.1, 0.15) is 48.5 Å². The Hall–Kier alpha value is -2.51. The summed E-state index contributed by atoms with van der Waals surface area (Å²) in [5.41, 5.74) is 4.95. The van der Waals surface area contributed by atoms with E-state index in [1.165, 1.54) is 12.1 Å². The van der Waals surface area contributed by atoms with Crippen LogP contribution in [0.15, 0.2) is 29.2 Å². The number of ether oxygens (including phenoxy) is 1. The number of rotatable bonds is 5. The molecule has 0 aliphatic carbocycles. The smallest absolute Gasteiger partial charge is 0.338 e. The number of ketones is 1. The summed E-state index contributed by atoms with van der Waals surface area (Å²) < 4.78 is 28.3. The summed E-state index contributed by atoms with van der Waals surface area (Å²) in [5.74, 6) is -1.10. The molecule has 0 heterocycles. The minimum atomic E-state index is -3.96. The number of Topliss-reactive ketones (excluding diaryl/α,β-unsaturated/α-hetero) is 1. The van der Waals surface area contributed by atoms with Crippen molar-refractivity contribution in [3.63, 3.8) is 0 Å². The van der Waals surface area contributed by atoms with Gasteiger partial charge in [-0.3, -0.25) is 4.79 Å². The van der Waals surface area contributed by atoms with Crippen molar-refractivity contribution in [3.05, 3.63) is 63.2 Å². The van der Waals surface area contributed by atoms with E-state index in [4.69, 9.17) is 9.88 Å². The minimum absolute atomic E-state index is 0.0189. The standard InChI is InChI=1S/C20H23NO5S/c1-11-6-7-16(9-19(11)27(21,24)25)20(23)26-10-18(22)17-8-12(2)13(3)14(4)15(17)5/h6-9H,10H2,1-5H3,(H2,21,24,25). The van der Waals surface area contributed by atoms with E-state index in [1.54, 1.807) is 13.0 Å². The van der Waals surface area contributed by atoms with Crippen LogP contribution in [-0.4, -0.2) is 26.8 Å². The zero-order valence-electron chi connectivity index (χ0n) is 16.0. The molecule has 0 spiro atoms. The second-order valence-electron chi connectivity index (χ2n) is 6.64. The molecule has 7 heteroatoms. The van der Waals surface area contributed by atoms with Gasteiger partial charge in [0.1, 0.15) is 0 Å². The summed E-state index contributed by atoms with van der Waals surface area (Å²) in [4.78, 5) is 24.6. The Morgan fingerprint density at radius 1 is 0.926 bits per heavy atom. The molecule has 0 saturated carbocycles. The van der Waals surface area contributed by atoms with E-state index in [-0.39, 0.29) is 16.2 Å². The average molecular weight is 389 g/mol. The molecule has 2 rings (SSSR count). The highest BCUT2D eigenvalue weighted by atomic mass is 32.2. The summed E-state index contributed by atoms with van der Waals surface area (Å²) in [6.07, 6.45) is 0. The van der Waals surface area contributed by atoms with E-state index >= 15 is 0 Å². The Kier molecular flexibility index (Phi) is 5.87. The molecule has 0 atom stereocenters. The maximum absolute atomic E-state index is 12.5. The van der Waals surface area contributed by atoms with E-state index < -0.39 is 22.6 Å². The number of aryl methyl sites for hydroxylation is 2. The second-order valence-corrected chi connectivity index (χ2v) is 8.17. The van der Waals surface area contributed by atoms with Gasteiger partial charge in [-0.25, -0.2) is 18.4 Å². The van der Waals surface area contributed by atoms with E-state index in [0.717, 1.165) is 28.3 Å². The Labute approximate surface area is 159 Å². The zero-order valence-corrected chi connectivity index (χ0v) is 16.9. The predicted octanol–water partition coefficient (Wildman–Crippen LogP) is 2.92. The number of carbonyl (C=O) groups excluding carboxylic acids is 2. The largest absolute Gasteiger partial charge is 0.454 e. The molecule has 0 aliphatic rings. The topological polar surface area (TPSA) is 104 Å². The molecule has 0 fully saturated rings. The molecule has 0 bridgehead atoms. The van der Waals surface area contributed by atoms with Crippen LogP contribution in [-0.2, 0) is 14.8 Å². The Morgan fingerprint density at radius 2 is 1.56 bits per heavy atom. The van der Waals surface area contributed by atoms with Crippen LogP contribution in [0.25, 0.3) is 0 Å². The van der Waals surface area contributed by atoms with Crippen LogP contribution in [0.3, 0.4) is 0 Å². The van der Waals surface area contributed by atoms with Gasteiger partial charge >= 0.3 is 5.97 Å². The first-order chi connectivity index (χ1) is 12.4. The molecule has 0 radical (unpaired) electrons. The van der Waals surface area contributed by atoms with E-state index in [9.17, 15) is 18.0 Å². The van der Waals surface area contributed by atoms with Gasteiger partial charge in [0.2, 0.25) is 15.8 Å². The Bertz CT molecular complexity index is 1040. The maximum Gasteiger partial charge on any atom is 0.338 e. The van der Waals surface area contributed by atoms with Crippen molar-refractivity contribution in [2.24, 2.45) is 5.14 Å². The van der Waals surface area contributed by atoms with Gasteiger partial charge in [0, 0.05) is 5.56 Å². The first-order valence-electron chi connectivity index (χ1n) is 8.34. The zero-order chi connectivity index (χ0) is 20.5. The van der Waals surface area contributed by atoms with Crippen molar-refractivity contribution in [2.45, 2.75) is 39.5 Å². The third kappa shape index (κ3) is 4.43. The number of primary sulfonamides is 1. The molecule has 144 valence electrons. The molecule has 6 nitrogen and oxygen atoms in total. The number of sulfonamides is 1. The molecule has 2 aromatic carbocycles. The summed E-state index contributed by atoms with van der Waals surface area (Å²) >= 11 is 0.